The predicted octanol–water partition coefficient (Wildman–Crippen LogP) is 17.2. The fourth-order valence-corrected chi connectivity index (χ4v) is 12.5. The lowest BCUT2D eigenvalue weighted by Crippen LogP contribution is -2.24. The smallest absolute Gasteiger partial charge is 0.144 e. The molecule has 1 atom stereocenters. The van der Waals surface area contributed by atoms with Crippen molar-refractivity contribution in [2.24, 2.45) is 5.92 Å². The quantitative estimate of drug-likeness (QED) is 0.173. The highest BCUT2D eigenvalue weighted by atomic mass is 16.3. The topological polar surface area (TPSA) is 29.5 Å². The summed E-state index contributed by atoms with van der Waals surface area (Å²) in [6, 6.07) is 49.9. The van der Waals surface area contributed by atoms with E-state index >= 15 is 0 Å². The van der Waals surface area contributed by atoms with Gasteiger partial charge < -0.3 is 13.7 Å². The molecule has 308 valence electrons. The van der Waals surface area contributed by atoms with Gasteiger partial charge in [-0.3, -0.25) is 0 Å². The van der Waals surface area contributed by atoms with Crippen molar-refractivity contribution in [1.29, 1.82) is 0 Å². The van der Waals surface area contributed by atoms with E-state index in [0.717, 1.165) is 67.1 Å². The molecule has 63 heavy (non-hydrogen) atoms. The Balaban J connectivity index is 1.04. The summed E-state index contributed by atoms with van der Waals surface area (Å²) in [4.78, 5) is 2.53. The molecule has 0 radical (unpaired) electrons. The summed E-state index contributed by atoms with van der Waals surface area (Å²) >= 11 is 0. The molecule has 7 aromatic carbocycles. The van der Waals surface area contributed by atoms with Crippen LogP contribution in [0.25, 0.3) is 71.7 Å². The Bertz CT molecular complexity index is 3430. The van der Waals surface area contributed by atoms with Gasteiger partial charge in [0.15, 0.2) is 0 Å². The number of hydrogen-bond acceptors (Lipinski definition) is 3. The van der Waals surface area contributed by atoms with Crippen molar-refractivity contribution < 1.29 is 8.83 Å². The average molecular weight is 818 g/mol. The number of rotatable bonds is 5. The maximum Gasteiger partial charge on any atom is 0.144 e. The van der Waals surface area contributed by atoms with Crippen LogP contribution >= 0.6 is 0 Å². The zero-order chi connectivity index (χ0) is 42.2. The van der Waals surface area contributed by atoms with Crippen LogP contribution in [0.3, 0.4) is 0 Å². The first-order valence-corrected chi connectivity index (χ1v) is 23.2. The minimum atomic E-state index is -0.133. The van der Waals surface area contributed by atoms with Crippen LogP contribution in [0.15, 0.2) is 161 Å². The van der Waals surface area contributed by atoms with Crippen LogP contribution in [0, 0.1) is 5.92 Å². The standard InChI is InChI=1S/C60H51NO2/c1-59(2)48-22-12-8-19-41(48)43-29-26-37(32-50(43)59)56-57-46-21-11-15-25-53(46)62-55(57)35-47-45-31-28-39(34-54(45)63-58(47)56)61(52-24-14-10-18-40(52)36-16-6-5-7-17-36)38-27-30-44-42-20-9-13-23-49(42)60(3,4)51(44)33-38/h8-15,18-22,24-36,49H,5-7,16-17,23H2,1-4H3. The van der Waals surface area contributed by atoms with Gasteiger partial charge in [-0.15, -0.1) is 0 Å². The van der Waals surface area contributed by atoms with Gasteiger partial charge in [-0.25, -0.2) is 0 Å². The molecule has 0 N–H and O–H groups in total. The Labute approximate surface area is 369 Å². The highest BCUT2D eigenvalue weighted by molar-refractivity contribution is 6.23. The lowest BCUT2D eigenvalue weighted by Gasteiger charge is -2.33. The van der Waals surface area contributed by atoms with Gasteiger partial charge >= 0.3 is 0 Å². The summed E-state index contributed by atoms with van der Waals surface area (Å²) in [5.41, 5.74) is 20.3. The molecule has 9 aromatic rings. The van der Waals surface area contributed by atoms with Crippen LogP contribution in [-0.4, -0.2) is 0 Å². The van der Waals surface area contributed by atoms with E-state index in [4.69, 9.17) is 8.83 Å². The number of fused-ring (bicyclic) bond motifs is 12. The summed E-state index contributed by atoms with van der Waals surface area (Å²) in [6.45, 7) is 9.60. The van der Waals surface area contributed by atoms with Crippen LogP contribution in [0.2, 0.25) is 0 Å². The molecule has 2 aromatic heterocycles. The Morgan fingerprint density at radius 2 is 1.33 bits per heavy atom. The number of furan rings is 2. The average Bonchev–Trinajstić information content (AvgIpc) is 4.01. The van der Waals surface area contributed by atoms with E-state index in [0.29, 0.717) is 11.8 Å². The van der Waals surface area contributed by atoms with E-state index < -0.39 is 0 Å². The molecule has 2 heterocycles. The Hall–Kier alpha value is -6.58. The third-order valence-electron chi connectivity index (χ3n) is 15.7. The number of para-hydroxylation sites is 2. The molecular weight excluding hydrogens is 767 g/mol. The van der Waals surface area contributed by atoms with Crippen molar-refractivity contribution in [2.75, 3.05) is 4.90 Å². The zero-order valence-electron chi connectivity index (χ0n) is 36.6. The van der Waals surface area contributed by atoms with E-state index in [1.807, 2.05) is 0 Å². The van der Waals surface area contributed by atoms with Crippen LogP contribution in [-0.2, 0) is 10.8 Å². The van der Waals surface area contributed by atoms with Crippen LogP contribution in [0.1, 0.15) is 100.0 Å². The lowest BCUT2D eigenvalue weighted by molar-refractivity contribution is 0.415. The fraction of sp³-hybridized carbons (Fsp3) is 0.233. The summed E-state index contributed by atoms with van der Waals surface area (Å²) < 4.78 is 14.0. The molecule has 0 saturated heterocycles. The second kappa shape index (κ2) is 13.5. The maximum atomic E-state index is 7.30. The van der Waals surface area contributed by atoms with Gasteiger partial charge in [0, 0.05) is 55.7 Å². The first kappa shape index (κ1) is 37.0. The molecule has 0 aliphatic heterocycles. The minimum Gasteiger partial charge on any atom is -0.456 e. The first-order valence-electron chi connectivity index (χ1n) is 23.2. The van der Waals surface area contributed by atoms with Crippen molar-refractivity contribution in [3.8, 4) is 22.3 Å². The predicted molar refractivity (Wildman–Crippen MR) is 263 cm³/mol. The van der Waals surface area contributed by atoms with Crippen molar-refractivity contribution in [2.45, 2.75) is 83.0 Å². The van der Waals surface area contributed by atoms with E-state index in [9.17, 15) is 0 Å². The van der Waals surface area contributed by atoms with Gasteiger partial charge in [0.1, 0.15) is 22.3 Å². The Morgan fingerprint density at radius 3 is 2.24 bits per heavy atom. The first-order chi connectivity index (χ1) is 30.8. The molecule has 0 amide bonds. The molecule has 4 aliphatic rings. The van der Waals surface area contributed by atoms with Gasteiger partial charge in [0.25, 0.3) is 0 Å². The summed E-state index contributed by atoms with van der Waals surface area (Å²) in [5.74, 6) is 1.02. The monoisotopic (exact) mass is 817 g/mol. The highest BCUT2D eigenvalue weighted by Crippen LogP contribution is 2.56. The third kappa shape index (κ3) is 5.32. The number of anilines is 3. The summed E-state index contributed by atoms with van der Waals surface area (Å²) in [6.07, 6.45) is 14.4. The van der Waals surface area contributed by atoms with Crippen LogP contribution in [0.5, 0.6) is 0 Å². The highest BCUT2D eigenvalue weighted by Gasteiger charge is 2.43. The number of nitrogens with zero attached hydrogens (tertiary/aromatic N) is 1. The molecule has 0 spiro atoms. The summed E-state index contributed by atoms with van der Waals surface area (Å²) in [5, 5.41) is 4.36. The maximum absolute atomic E-state index is 7.30. The van der Waals surface area contributed by atoms with Crippen molar-refractivity contribution in [3.63, 3.8) is 0 Å². The zero-order valence-corrected chi connectivity index (χ0v) is 36.6. The van der Waals surface area contributed by atoms with Gasteiger partial charge in [-0.05, 0) is 135 Å². The van der Waals surface area contributed by atoms with Gasteiger partial charge in [-0.2, -0.15) is 0 Å². The fourth-order valence-electron chi connectivity index (χ4n) is 12.5. The van der Waals surface area contributed by atoms with Crippen LogP contribution < -0.4 is 4.90 Å². The van der Waals surface area contributed by atoms with E-state index in [-0.39, 0.29) is 10.8 Å². The second-order valence-corrected chi connectivity index (χ2v) is 19.8. The molecule has 0 bridgehead atoms. The Morgan fingerprint density at radius 1 is 0.571 bits per heavy atom. The van der Waals surface area contributed by atoms with E-state index in [1.54, 1.807) is 0 Å². The number of benzene rings is 7. The largest absolute Gasteiger partial charge is 0.456 e. The number of allylic oxidation sites excluding steroid dienone is 4. The van der Waals surface area contributed by atoms with Gasteiger partial charge in [-0.1, -0.05) is 144 Å². The second-order valence-electron chi connectivity index (χ2n) is 19.8. The Kier molecular flexibility index (Phi) is 7.91. The molecular formula is C60H51NO2. The molecule has 13 rings (SSSR count). The molecule has 3 heteroatoms. The SMILES string of the molecule is CC1(C)c2ccccc2-c2ccc(-c3c4oc5cc(N(c6ccc7c(c6)C(C)(C)C6CC=CC=C76)c6ccccc6C6CCCCC6)ccc5c4cc4oc5ccccc5c34)cc21. The third-order valence-corrected chi connectivity index (χ3v) is 15.7. The van der Waals surface area contributed by atoms with E-state index in [1.165, 1.54) is 88.0 Å². The number of hydrogen-bond donors (Lipinski definition) is 0. The molecule has 1 saturated carbocycles. The van der Waals surface area contributed by atoms with Gasteiger partial charge in [0.05, 0.1) is 0 Å². The normalized spacial score (nSPS) is 18.5. The van der Waals surface area contributed by atoms with Gasteiger partial charge in [0.2, 0.25) is 0 Å². The van der Waals surface area contributed by atoms with Crippen LogP contribution in [0.4, 0.5) is 17.1 Å². The van der Waals surface area contributed by atoms with Crippen molar-refractivity contribution >= 4 is 66.5 Å². The molecule has 1 fully saturated rings. The van der Waals surface area contributed by atoms with Crippen molar-refractivity contribution in [3.05, 3.63) is 180 Å². The minimum absolute atomic E-state index is 0.0201. The molecule has 3 nitrogen and oxygen atoms in total. The molecule has 1 unspecified atom stereocenters. The lowest BCUT2D eigenvalue weighted by atomic mass is 9.74. The van der Waals surface area contributed by atoms with E-state index in [2.05, 4.69) is 184 Å². The summed E-state index contributed by atoms with van der Waals surface area (Å²) in [7, 11) is 0. The molecule has 4 aliphatic carbocycles. The van der Waals surface area contributed by atoms with Crippen molar-refractivity contribution in [1.82, 2.24) is 0 Å².